The molecule has 0 aliphatic carbocycles. The van der Waals surface area contributed by atoms with E-state index in [1.165, 1.54) is 31.8 Å². The molecule has 0 unspecified atom stereocenters. The Labute approximate surface area is 320 Å². The molecule has 7 aromatic rings. The van der Waals surface area contributed by atoms with Gasteiger partial charge >= 0.3 is 36.2 Å². The molecule has 249 valence electrons. The number of hydrogen-bond acceptors (Lipinski definition) is 0. The summed E-state index contributed by atoms with van der Waals surface area (Å²) in [7, 11) is -0.892. The van der Waals surface area contributed by atoms with E-state index in [4.69, 9.17) is 0 Å². The standard InChI is InChI=1S/2C18H15P.C6H5.3CH3.Pb.Pt/c2*1-4-10-16(11-5-1)19(17-12-6-2-7-13-17)18-14-8-3-9-15-18;1-2-4-6-5-3-1;;;;;/h2*1-15H;1-5H;3*1H3;;/q;;-1;;;;;. The van der Waals surface area contributed by atoms with E-state index in [9.17, 15) is 0 Å². The average molecular weight is 1050 g/mol. The third-order valence-electron chi connectivity index (χ3n) is 6.69. The van der Waals surface area contributed by atoms with Crippen LogP contribution in [0.15, 0.2) is 212 Å². The van der Waals surface area contributed by atoms with E-state index >= 15 is 0 Å². The van der Waals surface area contributed by atoms with Gasteiger partial charge in [0.2, 0.25) is 0 Å². The van der Waals surface area contributed by atoms with Crippen LogP contribution in [0.25, 0.3) is 0 Å². The molecule has 0 nitrogen and oxygen atoms in total. The van der Waals surface area contributed by atoms with Gasteiger partial charge in [0.25, 0.3) is 0 Å². The van der Waals surface area contributed by atoms with Gasteiger partial charge in [-0.25, -0.2) is 0 Å². The molecule has 0 amide bonds. The third-order valence-corrected chi connectivity index (χ3v) is 11.6. The van der Waals surface area contributed by atoms with Crippen LogP contribution in [0.4, 0.5) is 0 Å². The maximum Gasteiger partial charge on any atom is 0 e. The number of benzene rings is 7. The zero-order chi connectivity index (χ0) is 33.7. The monoisotopic (exact) mass is 1050 g/mol. The van der Waals surface area contributed by atoms with E-state index in [0.717, 1.165) is 0 Å². The molecule has 7 aromatic carbocycles. The Morgan fingerprint density at radius 2 is 0.469 bits per heavy atom. The molecule has 0 aliphatic rings. The molecule has 0 fully saturated rings. The molecule has 49 heavy (non-hydrogen) atoms. The van der Waals surface area contributed by atoms with E-state index in [2.05, 4.69) is 202 Å². The van der Waals surface area contributed by atoms with E-state index in [1.807, 2.05) is 30.3 Å². The smallest absolute Gasteiger partial charge is 0 e. The van der Waals surface area contributed by atoms with Gasteiger partial charge in [0, 0.05) is 21.1 Å². The van der Waals surface area contributed by atoms with Crippen LogP contribution >= 0.6 is 15.8 Å². The normalized spacial score (nSPS) is 9.92. The Morgan fingerprint density at radius 1 is 0.306 bits per heavy atom. The van der Waals surface area contributed by atoms with Crippen molar-refractivity contribution in [3.8, 4) is 0 Å². The molecule has 4 heteroatoms. The molecule has 1 radical (unpaired) electrons. The van der Waals surface area contributed by atoms with Crippen LogP contribution < -0.4 is 31.8 Å². The van der Waals surface area contributed by atoms with Gasteiger partial charge in [-0.3, -0.25) is 0 Å². The van der Waals surface area contributed by atoms with Crippen LogP contribution in [0.5, 0.6) is 0 Å². The van der Waals surface area contributed by atoms with E-state index in [-0.39, 0.29) is 21.1 Å². The van der Waals surface area contributed by atoms with E-state index in [1.54, 1.807) is 0 Å². The Morgan fingerprint density at radius 3 is 0.592 bits per heavy atom. The molecule has 0 saturated heterocycles. The van der Waals surface area contributed by atoms with Crippen molar-refractivity contribution >= 4 is 70.4 Å². The van der Waals surface area contributed by atoms with E-state index in [0.29, 0.717) is 0 Å². The van der Waals surface area contributed by atoms with Crippen LogP contribution in [0.1, 0.15) is 0 Å². The Bertz CT molecular complexity index is 1440. The minimum Gasteiger partial charge on any atom is -0.184 e. The summed E-state index contributed by atoms with van der Waals surface area (Å²) in [6.45, 7) is 0. The fraction of sp³-hybridized carbons (Fsp3) is 0.0667. The molecular formula is C45H44P2PbPt-. The van der Waals surface area contributed by atoms with Crippen molar-refractivity contribution in [2.24, 2.45) is 0 Å². The molecule has 0 heterocycles. The van der Waals surface area contributed by atoms with Crippen LogP contribution in [-0.4, -0.2) is 22.7 Å². The molecule has 0 atom stereocenters. The fourth-order valence-electron chi connectivity index (χ4n) is 4.70. The van der Waals surface area contributed by atoms with Crippen molar-refractivity contribution in [1.82, 2.24) is 0 Å². The number of hydrogen-bond donors (Lipinski definition) is 0. The first kappa shape index (κ1) is 40.4. The average Bonchev–Trinajstić information content (AvgIpc) is 3.16. The summed E-state index contributed by atoms with van der Waals surface area (Å²) in [5.41, 5.74) is 0. The molecule has 0 N–H and O–H groups in total. The van der Waals surface area contributed by atoms with Crippen molar-refractivity contribution in [3.63, 3.8) is 0 Å². The van der Waals surface area contributed by atoms with Crippen molar-refractivity contribution in [3.05, 3.63) is 218 Å². The van der Waals surface area contributed by atoms with Gasteiger partial charge in [-0.2, -0.15) is 36.4 Å². The maximum absolute atomic E-state index is 2.89. The third kappa shape index (κ3) is 14.8. The maximum atomic E-state index is 2.89. The Hall–Kier alpha value is -2.99. The first-order valence-electron chi connectivity index (χ1n) is 16.2. The molecule has 7 rings (SSSR count). The fourth-order valence-corrected chi connectivity index (χ4v) is 9.31. The summed E-state index contributed by atoms with van der Waals surface area (Å²) in [5, 5.41) is 8.39. The van der Waals surface area contributed by atoms with Crippen LogP contribution in [-0.2, 0) is 21.1 Å². The molecule has 0 bridgehead atoms. The predicted molar refractivity (Wildman–Crippen MR) is 219 cm³/mol. The summed E-state index contributed by atoms with van der Waals surface area (Å²) in [6, 6.07) is 77.2. The second kappa shape index (κ2) is 24.2. The SMILES string of the molecule is [CH3][Pb]([CH3])[CH3].[Pt].[c-]1ccccc1.c1ccc(P(c2ccccc2)c2ccccc2)cc1.c1ccc(P(c2ccccc2)c2ccccc2)cc1. The predicted octanol–water partition coefficient (Wildman–Crippen LogP) is 9.74. The van der Waals surface area contributed by atoms with Gasteiger partial charge in [-0.1, -0.05) is 182 Å². The van der Waals surface area contributed by atoms with Gasteiger partial charge in [0.1, 0.15) is 0 Å². The van der Waals surface area contributed by atoms with Crippen LogP contribution in [0, 0.1) is 6.07 Å². The van der Waals surface area contributed by atoms with Crippen molar-refractivity contribution in [2.45, 2.75) is 13.4 Å². The van der Waals surface area contributed by atoms with E-state index < -0.39 is 38.5 Å². The molecule has 0 aromatic heterocycles. The van der Waals surface area contributed by atoms with Crippen molar-refractivity contribution in [1.29, 1.82) is 0 Å². The van der Waals surface area contributed by atoms with Crippen LogP contribution in [0.2, 0.25) is 13.4 Å². The van der Waals surface area contributed by atoms with Gasteiger partial charge in [-0.05, 0) is 47.7 Å². The Balaban J connectivity index is 0.000000205. The minimum atomic E-state index is -0.657. The summed E-state index contributed by atoms with van der Waals surface area (Å²) in [5.74, 6) is 0. The molecular weight excluding hydrogens is 1000 g/mol. The van der Waals surface area contributed by atoms with Gasteiger partial charge in [-0.15, -0.1) is 0 Å². The molecule has 0 saturated carbocycles. The molecule has 0 aliphatic heterocycles. The van der Waals surface area contributed by atoms with Crippen molar-refractivity contribution in [2.75, 3.05) is 0 Å². The summed E-state index contributed by atoms with van der Waals surface area (Å²) in [6.07, 6.45) is 0. The first-order chi connectivity index (χ1) is 23.6. The van der Waals surface area contributed by atoms with Crippen LogP contribution in [0.3, 0.4) is 0 Å². The topological polar surface area (TPSA) is 0 Å². The van der Waals surface area contributed by atoms with Gasteiger partial charge in [0.05, 0.1) is 0 Å². The zero-order valence-electron chi connectivity index (χ0n) is 28.4. The zero-order valence-corrected chi connectivity index (χ0v) is 36.4. The summed E-state index contributed by atoms with van der Waals surface area (Å²) in [4.78, 5) is 0. The van der Waals surface area contributed by atoms with Crippen molar-refractivity contribution < 1.29 is 21.1 Å². The summed E-state index contributed by atoms with van der Waals surface area (Å²) < 4.78 is 7.14. The minimum absolute atomic E-state index is 0. The van der Waals surface area contributed by atoms with Gasteiger partial charge in [0.15, 0.2) is 0 Å². The second-order valence-electron chi connectivity index (χ2n) is 11.3. The molecule has 0 spiro atoms. The quantitative estimate of drug-likeness (QED) is 0.0885. The van der Waals surface area contributed by atoms with Gasteiger partial charge < -0.3 is 0 Å². The first-order valence-corrected chi connectivity index (χ1v) is 30.6. The summed E-state index contributed by atoms with van der Waals surface area (Å²) >= 11 is -0.657. The second-order valence-corrected chi connectivity index (χ2v) is 27.4. The number of rotatable bonds is 6. The largest absolute Gasteiger partial charge is 0.184 e. The Kier molecular flexibility index (Phi) is 20.0.